The van der Waals surface area contributed by atoms with Crippen molar-refractivity contribution in [1.82, 2.24) is 10.3 Å². The lowest BCUT2D eigenvalue weighted by Gasteiger charge is -2.00. The molecular formula is C12H16N2O2. The Balaban J connectivity index is 2.49. The lowest BCUT2D eigenvalue weighted by atomic mass is 10.2. The van der Waals surface area contributed by atoms with Crippen molar-refractivity contribution in [3.05, 3.63) is 29.6 Å². The van der Waals surface area contributed by atoms with E-state index in [1.165, 1.54) is 6.92 Å². The van der Waals surface area contributed by atoms with Gasteiger partial charge in [0.15, 0.2) is 0 Å². The quantitative estimate of drug-likeness (QED) is 0.758. The van der Waals surface area contributed by atoms with E-state index in [0.29, 0.717) is 18.7 Å². The normalized spacial score (nSPS) is 10.6. The summed E-state index contributed by atoms with van der Waals surface area (Å²) in [4.78, 5) is 14.8. The van der Waals surface area contributed by atoms with Crippen molar-refractivity contribution in [1.29, 1.82) is 0 Å². The van der Waals surface area contributed by atoms with Crippen LogP contribution in [0.1, 0.15) is 24.7 Å². The van der Waals surface area contributed by atoms with E-state index >= 15 is 0 Å². The van der Waals surface area contributed by atoms with E-state index in [9.17, 15) is 9.90 Å². The molecule has 1 amide bonds. The van der Waals surface area contributed by atoms with Crippen molar-refractivity contribution in [2.45, 2.75) is 20.3 Å². The third-order valence-corrected chi connectivity index (χ3v) is 2.00. The van der Waals surface area contributed by atoms with Crippen LogP contribution in [-0.4, -0.2) is 22.5 Å². The highest BCUT2D eigenvalue weighted by Crippen LogP contribution is 2.15. The number of aromatic hydroxyl groups is 1. The second-order valence-corrected chi connectivity index (χ2v) is 3.53. The molecule has 1 heterocycles. The SMILES string of the molecule is CC(=O)NCCC=Cc1nc(C)ccc1O. The first kappa shape index (κ1) is 12.2. The zero-order chi connectivity index (χ0) is 12.0. The van der Waals surface area contributed by atoms with Crippen LogP contribution in [0.2, 0.25) is 0 Å². The molecule has 0 aliphatic heterocycles. The van der Waals surface area contributed by atoms with Gasteiger partial charge in [-0.2, -0.15) is 0 Å². The molecule has 1 aromatic rings. The molecule has 0 spiro atoms. The Hall–Kier alpha value is -1.84. The van der Waals surface area contributed by atoms with Crippen LogP contribution >= 0.6 is 0 Å². The van der Waals surface area contributed by atoms with Gasteiger partial charge in [0.25, 0.3) is 0 Å². The van der Waals surface area contributed by atoms with Crippen LogP contribution in [0.4, 0.5) is 0 Å². The van der Waals surface area contributed by atoms with E-state index < -0.39 is 0 Å². The molecule has 1 aromatic heterocycles. The lowest BCUT2D eigenvalue weighted by molar-refractivity contribution is -0.118. The molecule has 0 atom stereocenters. The average molecular weight is 220 g/mol. The number of amides is 1. The van der Waals surface area contributed by atoms with Gasteiger partial charge in [0.1, 0.15) is 11.4 Å². The first-order valence-corrected chi connectivity index (χ1v) is 5.17. The van der Waals surface area contributed by atoms with Crippen molar-refractivity contribution in [2.75, 3.05) is 6.54 Å². The second-order valence-electron chi connectivity index (χ2n) is 3.53. The number of nitrogens with one attached hydrogen (secondary N) is 1. The fourth-order valence-corrected chi connectivity index (χ4v) is 1.22. The van der Waals surface area contributed by atoms with Crippen molar-refractivity contribution in [2.24, 2.45) is 0 Å². The fourth-order valence-electron chi connectivity index (χ4n) is 1.22. The summed E-state index contributed by atoms with van der Waals surface area (Å²) in [5.74, 6) is 0.131. The summed E-state index contributed by atoms with van der Waals surface area (Å²) in [5, 5.41) is 12.2. The number of carbonyl (C=O) groups excluding carboxylic acids is 1. The Kier molecular flexibility index (Phi) is 4.51. The molecule has 1 rings (SSSR count). The first-order chi connectivity index (χ1) is 7.59. The molecule has 16 heavy (non-hydrogen) atoms. The van der Waals surface area contributed by atoms with Gasteiger partial charge in [0.2, 0.25) is 5.91 Å². The van der Waals surface area contributed by atoms with E-state index in [-0.39, 0.29) is 11.7 Å². The molecule has 0 bridgehead atoms. The van der Waals surface area contributed by atoms with Gasteiger partial charge in [0.05, 0.1) is 0 Å². The van der Waals surface area contributed by atoms with Crippen molar-refractivity contribution < 1.29 is 9.90 Å². The highest BCUT2D eigenvalue weighted by Gasteiger charge is 1.97. The van der Waals surface area contributed by atoms with Gasteiger partial charge in [0, 0.05) is 19.2 Å². The molecule has 4 nitrogen and oxygen atoms in total. The van der Waals surface area contributed by atoms with Crippen LogP contribution < -0.4 is 5.32 Å². The van der Waals surface area contributed by atoms with E-state index in [1.54, 1.807) is 18.2 Å². The molecule has 86 valence electrons. The summed E-state index contributed by atoms with van der Waals surface area (Å²) in [6, 6.07) is 3.37. The molecule has 0 radical (unpaired) electrons. The van der Waals surface area contributed by atoms with Crippen LogP contribution in [-0.2, 0) is 4.79 Å². The summed E-state index contributed by atoms with van der Waals surface area (Å²) in [6.45, 7) is 3.95. The van der Waals surface area contributed by atoms with Gasteiger partial charge in [-0.3, -0.25) is 4.79 Å². The van der Waals surface area contributed by atoms with Crippen LogP contribution in [0.3, 0.4) is 0 Å². The molecule has 0 aromatic carbocycles. The highest BCUT2D eigenvalue weighted by molar-refractivity contribution is 5.72. The van der Waals surface area contributed by atoms with E-state index in [4.69, 9.17) is 0 Å². The maximum Gasteiger partial charge on any atom is 0.216 e. The zero-order valence-electron chi connectivity index (χ0n) is 9.53. The minimum atomic E-state index is -0.0371. The number of aromatic nitrogens is 1. The van der Waals surface area contributed by atoms with Crippen LogP contribution in [0, 0.1) is 6.92 Å². The molecule has 0 saturated carbocycles. The summed E-state index contributed by atoms with van der Waals surface area (Å²) in [7, 11) is 0. The van der Waals surface area contributed by atoms with Gasteiger partial charge in [-0.15, -0.1) is 0 Å². The highest BCUT2D eigenvalue weighted by atomic mass is 16.3. The first-order valence-electron chi connectivity index (χ1n) is 5.17. The predicted molar refractivity (Wildman–Crippen MR) is 63.0 cm³/mol. The van der Waals surface area contributed by atoms with Crippen LogP contribution in [0.25, 0.3) is 6.08 Å². The molecule has 0 aliphatic carbocycles. The number of hydrogen-bond acceptors (Lipinski definition) is 3. The minimum absolute atomic E-state index is 0.0371. The van der Waals surface area contributed by atoms with E-state index in [1.807, 2.05) is 13.0 Å². The van der Waals surface area contributed by atoms with Crippen LogP contribution in [0.15, 0.2) is 18.2 Å². The molecular weight excluding hydrogens is 204 g/mol. The Morgan fingerprint density at radius 3 is 3.00 bits per heavy atom. The number of rotatable bonds is 4. The fraction of sp³-hybridized carbons (Fsp3) is 0.333. The second kappa shape index (κ2) is 5.90. The number of aryl methyl sites for hydroxylation is 1. The summed E-state index contributed by atoms with van der Waals surface area (Å²) < 4.78 is 0. The van der Waals surface area contributed by atoms with Gasteiger partial charge < -0.3 is 10.4 Å². The summed E-state index contributed by atoms with van der Waals surface area (Å²) >= 11 is 0. The topological polar surface area (TPSA) is 62.2 Å². The number of nitrogens with zero attached hydrogens (tertiary/aromatic N) is 1. The molecule has 0 saturated heterocycles. The molecule has 0 fully saturated rings. The smallest absolute Gasteiger partial charge is 0.216 e. The Morgan fingerprint density at radius 2 is 2.31 bits per heavy atom. The largest absolute Gasteiger partial charge is 0.506 e. The number of hydrogen-bond donors (Lipinski definition) is 2. The zero-order valence-corrected chi connectivity index (χ0v) is 9.53. The van der Waals surface area contributed by atoms with Crippen molar-refractivity contribution in [3.63, 3.8) is 0 Å². The lowest BCUT2D eigenvalue weighted by Crippen LogP contribution is -2.20. The molecule has 0 unspecified atom stereocenters. The average Bonchev–Trinajstić information content (AvgIpc) is 2.22. The van der Waals surface area contributed by atoms with E-state index in [2.05, 4.69) is 10.3 Å². The van der Waals surface area contributed by atoms with Gasteiger partial charge in [-0.25, -0.2) is 4.98 Å². The Morgan fingerprint density at radius 1 is 1.56 bits per heavy atom. The minimum Gasteiger partial charge on any atom is -0.506 e. The van der Waals surface area contributed by atoms with Gasteiger partial charge >= 0.3 is 0 Å². The summed E-state index contributed by atoms with van der Waals surface area (Å²) in [5.41, 5.74) is 1.42. The Labute approximate surface area is 95.0 Å². The van der Waals surface area contributed by atoms with E-state index in [0.717, 1.165) is 5.69 Å². The van der Waals surface area contributed by atoms with Crippen molar-refractivity contribution >= 4 is 12.0 Å². The number of pyridine rings is 1. The van der Waals surface area contributed by atoms with Gasteiger partial charge in [-0.1, -0.05) is 6.08 Å². The Bertz CT molecular complexity index is 400. The number of carbonyl (C=O) groups is 1. The maximum absolute atomic E-state index is 10.6. The molecule has 0 aliphatic rings. The van der Waals surface area contributed by atoms with Gasteiger partial charge in [-0.05, 0) is 31.6 Å². The third-order valence-electron chi connectivity index (χ3n) is 2.00. The maximum atomic E-state index is 10.6. The van der Waals surface area contributed by atoms with Crippen LogP contribution in [0.5, 0.6) is 5.75 Å². The standard InChI is InChI=1S/C12H16N2O2/c1-9-6-7-12(16)11(14-9)5-3-4-8-13-10(2)15/h3,5-7,16H,4,8H2,1-2H3,(H,13,15). The molecule has 4 heteroatoms. The predicted octanol–water partition coefficient (Wildman–Crippen LogP) is 1.64. The third kappa shape index (κ3) is 4.13. The molecule has 2 N–H and O–H groups in total. The van der Waals surface area contributed by atoms with Crippen molar-refractivity contribution in [3.8, 4) is 5.75 Å². The summed E-state index contributed by atoms with van der Waals surface area (Å²) in [6.07, 6.45) is 4.34. The monoisotopic (exact) mass is 220 g/mol.